The van der Waals surface area contributed by atoms with Crippen LogP contribution in [0.3, 0.4) is 0 Å². The van der Waals surface area contributed by atoms with Gasteiger partial charge in [0.25, 0.3) is 0 Å². The summed E-state index contributed by atoms with van der Waals surface area (Å²) in [6, 6.07) is 8.40. The molecule has 0 saturated heterocycles. The van der Waals surface area contributed by atoms with E-state index >= 15 is 0 Å². The van der Waals surface area contributed by atoms with Gasteiger partial charge in [-0.15, -0.1) is 0 Å². The first-order valence-electron chi connectivity index (χ1n) is 5.61. The maximum atomic E-state index is 5.61. The van der Waals surface area contributed by atoms with E-state index in [1.54, 1.807) is 6.20 Å². The lowest BCUT2D eigenvalue weighted by atomic mass is 10.1. The average Bonchev–Trinajstić information content (AvgIpc) is 2.32. The van der Waals surface area contributed by atoms with Crippen LogP contribution < -0.4 is 10.6 Å². The van der Waals surface area contributed by atoms with Crippen LogP contribution in [0.1, 0.15) is 11.1 Å². The highest BCUT2D eigenvalue weighted by molar-refractivity contribution is 9.10. The van der Waals surface area contributed by atoms with Gasteiger partial charge in [0.2, 0.25) is 5.95 Å². The van der Waals surface area contributed by atoms with Crippen LogP contribution in [0, 0.1) is 6.92 Å². The molecule has 0 aliphatic heterocycles. The van der Waals surface area contributed by atoms with Crippen LogP contribution in [0.2, 0.25) is 0 Å². The molecule has 1 aromatic heterocycles. The minimum Gasteiger partial charge on any atom is -0.368 e. The standard InChI is InChI=1S/C13H15BrN4/c1-9-4-3-5-10(6-9)8-18(2)12-11(14)7-16-13(15)17-12/h3-7H,8H2,1-2H3,(H2,15,16,17). The van der Waals surface area contributed by atoms with E-state index in [-0.39, 0.29) is 5.95 Å². The number of hydrogen-bond acceptors (Lipinski definition) is 4. The van der Waals surface area contributed by atoms with Crippen LogP contribution in [0.25, 0.3) is 0 Å². The van der Waals surface area contributed by atoms with Crippen molar-refractivity contribution in [2.24, 2.45) is 0 Å². The van der Waals surface area contributed by atoms with E-state index < -0.39 is 0 Å². The quantitative estimate of drug-likeness (QED) is 0.947. The maximum absolute atomic E-state index is 5.61. The summed E-state index contributed by atoms with van der Waals surface area (Å²) in [6.07, 6.45) is 1.67. The molecule has 1 aromatic carbocycles. The second-order valence-electron chi connectivity index (χ2n) is 4.24. The molecule has 0 bridgehead atoms. The summed E-state index contributed by atoms with van der Waals surface area (Å²) in [5.41, 5.74) is 8.10. The van der Waals surface area contributed by atoms with Gasteiger partial charge in [-0.05, 0) is 28.4 Å². The molecule has 0 amide bonds. The molecular formula is C13H15BrN4. The summed E-state index contributed by atoms with van der Waals surface area (Å²) in [6.45, 7) is 2.86. The zero-order valence-electron chi connectivity index (χ0n) is 10.4. The molecule has 4 nitrogen and oxygen atoms in total. The third-order valence-corrected chi connectivity index (χ3v) is 3.17. The predicted molar refractivity (Wildman–Crippen MR) is 77.4 cm³/mol. The highest BCUT2D eigenvalue weighted by atomic mass is 79.9. The Labute approximate surface area is 115 Å². The van der Waals surface area contributed by atoms with Crippen molar-refractivity contribution in [3.63, 3.8) is 0 Å². The van der Waals surface area contributed by atoms with Crippen molar-refractivity contribution in [3.05, 3.63) is 46.1 Å². The minimum atomic E-state index is 0.282. The SMILES string of the molecule is Cc1cccc(CN(C)c2nc(N)ncc2Br)c1. The lowest BCUT2D eigenvalue weighted by Gasteiger charge is -2.19. The molecule has 0 saturated carbocycles. The summed E-state index contributed by atoms with van der Waals surface area (Å²) in [7, 11) is 1.98. The Hall–Kier alpha value is -1.62. The van der Waals surface area contributed by atoms with E-state index in [4.69, 9.17) is 5.73 Å². The van der Waals surface area contributed by atoms with Crippen molar-refractivity contribution in [2.45, 2.75) is 13.5 Å². The smallest absolute Gasteiger partial charge is 0.222 e. The maximum Gasteiger partial charge on any atom is 0.222 e. The van der Waals surface area contributed by atoms with E-state index in [2.05, 4.69) is 57.1 Å². The van der Waals surface area contributed by atoms with Gasteiger partial charge in [-0.1, -0.05) is 29.8 Å². The summed E-state index contributed by atoms with van der Waals surface area (Å²) >= 11 is 3.44. The number of nitrogen functional groups attached to an aromatic ring is 1. The second kappa shape index (κ2) is 5.35. The summed E-state index contributed by atoms with van der Waals surface area (Å²) in [5.74, 6) is 1.08. The number of rotatable bonds is 3. The van der Waals surface area contributed by atoms with E-state index in [1.807, 2.05) is 11.9 Å². The molecule has 18 heavy (non-hydrogen) atoms. The van der Waals surface area contributed by atoms with Gasteiger partial charge in [0.05, 0.1) is 4.47 Å². The first-order chi connectivity index (χ1) is 8.56. The zero-order valence-corrected chi connectivity index (χ0v) is 12.0. The summed E-state index contributed by atoms with van der Waals surface area (Å²) < 4.78 is 0.840. The van der Waals surface area contributed by atoms with Crippen molar-refractivity contribution >= 4 is 27.7 Å². The van der Waals surface area contributed by atoms with Gasteiger partial charge in [0.15, 0.2) is 0 Å². The third kappa shape index (κ3) is 2.98. The normalized spacial score (nSPS) is 10.4. The molecule has 0 aliphatic carbocycles. The van der Waals surface area contributed by atoms with Crippen LogP contribution in [-0.4, -0.2) is 17.0 Å². The average molecular weight is 307 g/mol. The zero-order chi connectivity index (χ0) is 13.1. The van der Waals surface area contributed by atoms with Crippen LogP contribution in [0.15, 0.2) is 34.9 Å². The van der Waals surface area contributed by atoms with Crippen LogP contribution in [0.5, 0.6) is 0 Å². The molecule has 1 heterocycles. The second-order valence-corrected chi connectivity index (χ2v) is 5.10. The number of hydrogen-bond donors (Lipinski definition) is 1. The van der Waals surface area contributed by atoms with Crippen molar-refractivity contribution in [1.82, 2.24) is 9.97 Å². The van der Waals surface area contributed by atoms with Crippen molar-refractivity contribution < 1.29 is 0 Å². The number of benzene rings is 1. The van der Waals surface area contributed by atoms with Crippen LogP contribution in [0.4, 0.5) is 11.8 Å². The molecule has 0 fully saturated rings. The van der Waals surface area contributed by atoms with Crippen LogP contribution in [-0.2, 0) is 6.54 Å². The van der Waals surface area contributed by atoms with Gasteiger partial charge in [-0.2, -0.15) is 4.98 Å². The predicted octanol–water partition coefficient (Wildman–Crippen LogP) is 2.77. The fourth-order valence-corrected chi connectivity index (χ4v) is 2.29. The van der Waals surface area contributed by atoms with E-state index in [0.717, 1.165) is 16.8 Å². The highest BCUT2D eigenvalue weighted by Crippen LogP contribution is 2.23. The molecule has 5 heteroatoms. The van der Waals surface area contributed by atoms with Crippen molar-refractivity contribution in [3.8, 4) is 0 Å². The van der Waals surface area contributed by atoms with Gasteiger partial charge in [0, 0.05) is 19.8 Å². The molecule has 2 aromatic rings. The number of nitrogens with two attached hydrogens (primary N) is 1. The Morgan fingerprint density at radius 1 is 1.39 bits per heavy atom. The Bertz CT molecular complexity index is 556. The minimum absolute atomic E-state index is 0.282. The molecule has 2 N–H and O–H groups in total. The Morgan fingerprint density at radius 2 is 2.17 bits per heavy atom. The number of anilines is 2. The molecule has 2 rings (SSSR count). The van der Waals surface area contributed by atoms with Crippen molar-refractivity contribution in [1.29, 1.82) is 0 Å². The van der Waals surface area contributed by atoms with E-state index in [0.29, 0.717) is 0 Å². The number of aryl methyl sites for hydroxylation is 1. The van der Waals surface area contributed by atoms with E-state index in [9.17, 15) is 0 Å². The first-order valence-corrected chi connectivity index (χ1v) is 6.40. The van der Waals surface area contributed by atoms with Gasteiger partial charge in [0.1, 0.15) is 5.82 Å². The van der Waals surface area contributed by atoms with Crippen molar-refractivity contribution in [2.75, 3.05) is 17.7 Å². The van der Waals surface area contributed by atoms with Gasteiger partial charge in [-0.3, -0.25) is 0 Å². The molecular weight excluding hydrogens is 292 g/mol. The molecule has 0 aliphatic rings. The fraction of sp³-hybridized carbons (Fsp3) is 0.231. The van der Waals surface area contributed by atoms with Gasteiger partial charge < -0.3 is 10.6 Å². The monoisotopic (exact) mass is 306 g/mol. The molecule has 0 atom stereocenters. The van der Waals surface area contributed by atoms with Gasteiger partial charge >= 0.3 is 0 Å². The third-order valence-electron chi connectivity index (χ3n) is 2.61. The number of nitrogens with zero attached hydrogens (tertiary/aromatic N) is 3. The van der Waals surface area contributed by atoms with E-state index in [1.165, 1.54) is 11.1 Å². The Kier molecular flexibility index (Phi) is 3.81. The molecule has 0 radical (unpaired) electrons. The largest absolute Gasteiger partial charge is 0.368 e. The molecule has 94 valence electrons. The topological polar surface area (TPSA) is 55.0 Å². The summed E-state index contributed by atoms with van der Waals surface area (Å²) in [4.78, 5) is 10.2. The number of halogens is 1. The lowest BCUT2D eigenvalue weighted by Crippen LogP contribution is -2.19. The molecule has 0 unspecified atom stereocenters. The lowest BCUT2D eigenvalue weighted by molar-refractivity contribution is 0.888. The Balaban J connectivity index is 2.21. The van der Waals surface area contributed by atoms with Gasteiger partial charge in [-0.25, -0.2) is 4.98 Å². The molecule has 0 spiro atoms. The fourth-order valence-electron chi connectivity index (χ4n) is 1.80. The Morgan fingerprint density at radius 3 is 2.89 bits per heavy atom. The highest BCUT2D eigenvalue weighted by Gasteiger charge is 2.09. The van der Waals surface area contributed by atoms with Crippen LogP contribution >= 0.6 is 15.9 Å². The first kappa shape index (κ1) is 12.8. The number of aromatic nitrogens is 2. The summed E-state index contributed by atoms with van der Waals surface area (Å²) in [5, 5.41) is 0.